The summed E-state index contributed by atoms with van der Waals surface area (Å²) in [5.41, 5.74) is 0.403. The predicted octanol–water partition coefficient (Wildman–Crippen LogP) is 2.74. The largest absolute Gasteiger partial charge is 0.462 e. The number of benzene rings is 1. The molecule has 15 heteroatoms. The summed E-state index contributed by atoms with van der Waals surface area (Å²) in [6.07, 6.45) is -4.13. The van der Waals surface area contributed by atoms with E-state index in [2.05, 4.69) is 10.4 Å². The number of nitrogens with zero attached hydrogens (tertiary/aromatic N) is 1. The van der Waals surface area contributed by atoms with Crippen LogP contribution in [0.1, 0.15) is 27.7 Å². The number of para-hydroxylation sites is 1. The number of nitrogens with one attached hydrogen (secondary N) is 2. The number of carbonyl (C=O) groups is 2. The summed E-state index contributed by atoms with van der Waals surface area (Å²) in [5.74, 6) is -0.163. The van der Waals surface area contributed by atoms with Crippen molar-refractivity contribution in [2.75, 3.05) is 6.61 Å². The molecule has 0 bridgehead atoms. The second-order valence-electron chi connectivity index (χ2n) is 8.81. The van der Waals surface area contributed by atoms with Crippen LogP contribution >= 0.6 is 29.8 Å². The van der Waals surface area contributed by atoms with Crippen molar-refractivity contribution >= 4 is 53.7 Å². The maximum Gasteiger partial charge on any atom is 0.325 e. The Labute approximate surface area is 230 Å². The zero-order valence-corrected chi connectivity index (χ0v) is 23.8. The number of hydrogen-bond acceptors (Lipinski definition) is 9. The van der Waals surface area contributed by atoms with Crippen LogP contribution in [0.25, 0.3) is 0 Å². The van der Waals surface area contributed by atoms with E-state index in [4.69, 9.17) is 53.5 Å². The molecule has 0 radical (unpaired) electrons. The minimum absolute atomic E-state index is 0.337. The summed E-state index contributed by atoms with van der Waals surface area (Å²) in [6, 6.07) is 7.01. The number of aliphatic hydroxyl groups is 2. The van der Waals surface area contributed by atoms with Crippen molar-refractivity contribution in [2.45, 2.75) is 68.8 Å². The first-order valence-corrected chi connectivity index (χ1v) is 14.8. The molecule has 1 aromatic rings. The first-order valence-electron chi connectivity index (χ1n) is 11.4. The molecule has 4 N–H and O–H groups in total. The van der Waals surface area contributed by atoms with Crippen molar-refractivity contribution < 1.29 is 38.3 Å². The predicted molar refractivity (Wildman–Crippen MR) is 140 cm³/mol. The lowest BCUT2D eigenvalue weighted by Crippen LogP contribution is -2.55. The smallest absolute Gasteiger partial charge is 0.325 e. The first kappa shape index (κ1) is 30.1. The number of aliphatic hydroxyl groups excluding tert-OH is 2. The van der Waals surface area contributed by atoms with Gasteiger partial charge in [-0.3, -0.25) is 9.69 Å². The molecule has 0 aliphatic carbocycles. The third-order valence-corrected chi connectivity index (χ3v) is 8.66. The molecule has 3 rings (SSSR count). The molecule has 1 saturated heterocycles. The van der Waals surface area contributed by atoms with Gasteiger partial charge >= 0.3 is 18.6 Å². The second kappa shape index (κ2) is 12.1. The van der Waals surface area contributed by atoms with E-state index in [1.54, 1.807) is 58.0 Å². The molecule has 0 spiro atoms. The lowest BCUT2D eigenvalue weighted by atomic mass is 10.1. The van der Waals surface area contributed by atoms with Crippen LogP contribution in [0.5, 0.6) is 5.75 Å². The Balaban J connectivity index is 1.77. The Morgan fingerprint density at radius 3 is 2.57 bits per heavy atom. The van der Waals surface area contributed by atoms with E-state index >= 15 is 0 Å². The lowest BCUT2D eigenvalue weighted by Gasteiger charge is -2.35. The minimum Gasteiger partial charge on any atom is -0.462 e. The number of amides is 2. The lowest BCUT2D eigenvalue weighted by molar-refractivity contribution is -0.149. The normalized spacial score (nSPS) is 27.8. The highest BCUT2D eigenvalue weighted by atomic mass is 35.5. The Hall–Kier alpha value is -1.47. The molecule has 1 aromatic carbocycles. The van der Waals surface area contributed by atoms with Gasteiger partial charge in [-0.15, -0.1) is 0 Å². The molecular weight excluding hydrogens is 568 g/mol. The van der Waals surface area contributed by atoms with Crippen LogP contribution in [0.3, 0.4) is 0 Å². The fraction of sp³-hybridized carbons (Fsp3) is 0.545. The van der Waals surface area contributed by atoms with Crippen LogP contribution in [0, 0.1) is 0 Å². The van der Waals surface area contributed by atoms with Crippen LogP contribution in [-0.2, 0) is 30.6 Å². The second-order valence-corrected chi connectivity index (χ2v) is 13.4. The topological polar surface area (TPSA) is 139 Å². The van der Waals surface area contributed by atoms with E-state index in [0.717, 1.165) is 4.90 Å². The van der Waals surface area contributed by atoms with Gasteiger partial charge in [-0.2, -0.15) is 0 Å². The van der Waals surface area contributed by atoms with Crippen molar-refractivity contribution in [1.82, 2.24) is 15.3 Å². The summed E-state index contributed by atoms with van der Waals surface area (Å²) >= 11 is 18.5. The highest BCUT2D eigenvalue weighted by Crippen LogP contribution is 2.48. The number of hydrogen-bond donors (Lipinski definition) is 4. The van der Waals surface area contributed by atoms with Crippen LogP contribution < -0.4 is 14.9 Å². The van der Waals surface area contributed by atoms with Crippen molar-refractivity contribution in [3.8, 4) is 5.75 Å². The van der Waals surface area contributed by atoms with Crippen molar-refractivity contribution in [1.29, 1.82) is 0 Å². The zero-order valence-electron chi connectivity index (χ0n) is 20.5. The summed E-state index contributed by atoms with van der Waals surface area (Å²) in [5, 5.41) is 25.9. The van der Waals surface area contributed by atoms with Crippen LogP contribution in [-0.4, -0.2) is 74.9 Å². The van der Waals surface area contributed by atoms with Gasteiger partial charge < -0.3 is 34.1 Å². The number of halogens is 2. The van der Waals surface area contributed by atoms with E-state index in [9.17, 15) is 19.8 Å². The van der Waals surface area contributed by atoms with Crippen molar-refractivity contribution in [3.63, 3.8) is 0 Å². The fourth-order valence-electron chi connectivity index (χ4n) is 3.44. The molecule has 2 heterocycles. The van der Waals surface area contributed by atoms with Crippen molar-refractivity contribution in [3.05, 3.63) is 42.1 Å². The molecule has 2 aliphatic heterocycles. The molecule has 2 amide bonds. The molecule has 1 unspecified atom stereocenters. The van der Waals surface area contributed by atoms with Crippen LogP contribution in [0.2, 0.25) is 0 Å². The molecule has 6 atom stereocenters. The quantitative estimate of drug-likeness (QED) is 0.181. The first-order chi connectivity index (χ1) is 17.2. The Morgan fingerprint density at radius 1 is 1.30 bits per heavy atom. The number of alkyl halides is 2. The van der Waals surface area contributed by atoms with Crippen molar-refractivity contribution in [2.24, 2.45) is 0 Å². The van der Waals surface area contributed by atoms with Gasteiger partial charge in [-0.1, -0.05) is 41.4 Å². The van der Waals surface area contributed by atoms with Gasteiger partial charge in [0.1, 0.15) is 24.0 Å². The van der Waals surface area contributed by atoms with Gasteiger partial charge in [0.05, 0.1) is 12.7 Å². The molecule has 0 aromatic heterocycles. The van der Waals surface area contributed by atoms with Gasteiger partial charge in [0.2, 0.25) is 0 Å². The Morgan fingerprint density at radius 2 is 1.95 bits per heavy atom. The molecule has 0 saturated carbocycles. The van der Waals surface area contributed by atoms with Gasteiger partial charge in [0.25, 0.3) is 0 Å². The number of rotatable bonds is 10. The molecule has 1 fully saturated rings. The number of carbonyl (C=O) groups excluding carboxylic acids is 2. The monoisotopic (exact) mass is 597 g/mol. The SMILES string of the molecule is CC1=CN([C@@H]2O[C@H](CO[P@](=S)(N[C@H](C)C(=O)OC(C)C)Oc3ccccc3)[C@@H](O)C2(Cl)Cl)C(=O)NC1O. The number of ether oxygens (including phenoxy) is 2. The van der Waals surface area contributed by atoms with E-state index in [0.29, 0.717) is 11.3 Å². The van der Waals surface area contributed by atoms with Crippen LogP contribution in [0.4, 0.5) is 4.79 Å². The summed E-state index contributed by atoms with van der Waals surface area (Å²) in [7, 11) is 0. The van der Waals surface area contributed by atoms with E-state index < -0.39 is 53.7 Å². The minimum atomic E-state index is -3.43. The fourth-order valence-corrected chi connectivity index (χ4v) is 6.45. The van der Waals surface area contributed by atoms with E-state index in [-0.39, 0.29) is 12.7 Å². The maximum absolute atomic E-state index is 12.4. The number of urea groups is 1. The Bertz CT molecular complexity index is 1060. The average Bonchev–Trinajstić information content (AvgIpc) is 3.03. The maximum atomic E-state index is 12.4. The van der Waals surface area contributed by atoms with E-state index in [1.165, 1.54) is 6.20 Å². The van der Waals surface area contributed by atoms with Gasteiger partial charge in [0.15, 0.2) is 16.8 Å². The Kier molecular flexibility index (Phi) is 9.87. The van der Waals surface area contributed by atoms with Gasteiger partial charge in [-0.25, -0.2) is 9.88 Å². The summed E-state index contributed by atoms with van der Waals surface area (Å²) < 4.78 is 21.0. The average molecular weight is 598 g/mol. The molecule has 2 aliphatic rings. The third-order valence-electron chi connectivity index (χ3n) is 5.34. The summed E-state index contributed by atoms with van der Waals surface area (Å²) in [6.45, 7) is 2.81. The molecular formula is C22H30Cl2N3O8PS. The summed E-state index contributed by atoms with van der Waals surface area (Å²) in [4.78, 5) is 25.9. The molecule has 206 valence electrons. The van der Waals surface area contributed by atoms with Gasteiger partial charge in [-0.05, 0) is 57.2 Å². The highest BCUT2D eigenvalue weighted by Gasteiger charge is 2.58. The number of esters is 1. The van der Waals surface area contributed by atoms with E-state index in [1.807, 2.05) is 0 Å². The zero-order chi connectivity index (χ0) is 27.5. The molecule has 37 heavy (non-hydrogen) atoms. The standard InChI is InChI=1S/C22H30Cl2N3O8PS/c1-12(2)33-19(30)14(4)26-36(37,35-15-8-6-5-7-9-15)32-11-16-17(28)22(23,24)20(34-16)27-10-13(3)18(29)25-21(27)31/h5-10,12,14,16-18,20,28-29H,11H2,1-4H3,(H,25,31)(H,26,37)/t14-,16-,17-,18?,20-,36-/m1/s1. The van der Waals surface area contributed by atoms with Gasteiger partial charge in [0, 0.05) is 6.20 Å². The van der Waals surface area contributed by atoms with Crippen LogP contribution in [0.15, 0.2) is 42.1 Å². The molecule has 11 nitrogen and oxygen atoms in total. The highest BCUT2D eigenvalue weighted by molar-refractivity contribution is 8.09. The third kappa shape index (κ3) is 7.35.